The molecular weight excluding hydrogens is 436 g/mol. The summed E-state index contributed by atoms with van der Waals surface area (Å²) in [4.78, 5) is 12.8. The van der Waals surface area contributed by atoms with Crippen LogP contribution < -0.4 is 10.0 Å². The number of aromatic nitrogens is 2. The van der Waals surface area contributed by atoms with Gasteiger partial charge in [-0.3, -0.25) is 9.48 Å². The number of carbonyl (C=O) groups excluding carboxylic acids is 1. The van der Waals surface area contributed by atoms with Gasteiger partial charge in [0, 0.05) is 17.3 Å². The van der Waals surface area contributed by atoms with Crippen molar-refractivity contribution in [1.29, 1.82) is 0 Å². The van der Waals surface area contributed by atoms with E-state index in [9.17, 15) is 13.2 Å². The summed E-state index contributed by atoms with van der Waals surface area (Å²) in [5.41, 5.74) is 4.44. The fourth-order valence-electron chi connectivity index (χ4n) is 3.28. The van der Waals surface area contributed by atoms with Crippen molar-refractivity contribution in [2.75, 3.05) is 7.05 Å². The monoisotopic (exact) mass is 460 g/mol. The van der Waals surface area contributed by atoms with E-state index in [1.54, 1.807) is 28.9 Å². The predicted molar refractivity (Wildman–Crippen MR) is 122 cm³/mol. The van der Waals surface area contributed by atoms with Crippen molar-refractivity contribution in [3.63, 3.8) is 0 Å². The van der Waals surface area contributed by atoms with Gasteiger partial charge in [0.15, 0.2) is 0 Å². The van der Waals surface area contributed by atoms with Crippen LogP contribution in [0.15, 0.2) is 48.5 Å². The van der Waals surface area contributed by atoms with Crippen LogP contribution in [-0.2, 0) is 28.9 Å². The lowest BCUT2D eigenvalue weighted by Crippen LogP contribution is -2.24. The van der Waals surface area contributed by atoms with E-state index in [2.05, 4.69) is 15.1 Å². The summed E-state index contributed by atoms with van der Waals surface area (Å²) >= 11 is 6.25. The topological polar surface area (TPSA) is 93.1 Å². The zero-order chi connectivity index (χ0) is 22.6. The minimum atomic E-state index is -3.32. The van der Waals surface area contributed by atoms with Gasteiger partial charge in [-0.05, 0) is 43.7 Å². The highest BCUT2D eigenvalue weighted by atomic mass is 35.5. The van der Waals surface area contributed by atoms with Gasteiger partial charge in [0.25, 0.3) is 5.91 Å². The van der Waals surface area contributed by atoms with Crippen LogP contribution in [0, 0.1) is 13.8 Å². The van der Waals surface area contributed by atoms with Gasteiger partial charge in [0.2, 0.25) is 10.0 Å². The van der Waals surface area contributed by atoms with Gasteiger partial charge in [0.05, 0.1) is 23.6 Å². The Morgan fingerprint density at radius 1 is 1.06 bits per heavy atom. The Bertz CT molecular complexity index is 1190. The number of amides is 1. The molecule has 0 atom stereocenters. The number of nitrogens with one attached hydrogen (secondary N) is 2. The number of hydrogen-bond donors (Lipinski definition) is 2. The van der Waals surface area contributed by atoms with E-state index < -0.39 is 10.0 Å². The third kappa shape index (κ3) is 5.72. The summed E-state index contributed by atoms with van der Waals surface area (Å²) in [7, 11) is -1.93. The van der Waals surface area contributed by atoms with E-state index in [-0.39, 0.29) is 11.7 Å². The fourth-order valence-corrected chi connectivity index (χ4v) is 4.25. The molecule has 2 N–H and O–H groups in total. The molecule has 1 aromatic heterocycles. The molecule has 1 heterocycles. The highest BCUT2D eigenvalue weighted by molar-refractivity contribution is 7.88. The lowest BCUT2D eigenvalue weighted by atomic mass is 10.1. The highest BCUT2D eigenvalue weighted by Gasteiger charge is 2.19. The molecule has 31 heavy (non-hydrogen) atoms. The number of hydrogen-bond acceptors (Lipinski definition) is 4. The maximum atomic E-state index is 12.8. The van der Waals surface area contributed by atoms with Crippen molar-refractivity contribution in [3.8, 4) is 0 Å². The summed E-state index contributed by atoms with van der Waals surface area (Å²) in [6, 6.07) is 14.7. The standard InChI is InChI=1S/C22H25ClN4O3S/c1-15-21(16(2)27(26-15)13-19-6-4-5-7-20(19)23)22(28)25-12-17-8-10-18(11-9-17)14-31(29,30)24-3/h4-11,24H,12-14H2,1-3H3,(H,25,28). The van der Waals surface area contributed by atoms with E-state index in [0.717, 1.165) is 16.8 Å². The van der Waals surface area contributed by atoms with Crippen molar-refractivity contribution in [2.24, 2.45) is 0 Å². The van der Waals surface area contributed by atoms with E-state index in [0.29, 0.717) is 34.9 Å². The first-order valence-electron chi connectivity index (χ1n) is 9.75. The first kappa shape index (κ1) is 23.0. The van der Waals surface area contributed by atoms with E-state index in [4.69, 9.17) is 11.6 Å². The molecule has 0 aliphatic heterocycles. The van der Waals surface area contributed by atoms with Gasteiger partial charge in [0.1, 0.15) is 0 Å². The molecule has 2 aromatic carbocycles. The predicted octanol–water partition coefficient (Wildman–Crippen LogP) is 3.18. The second kappa shape index (κ2) is 9.64. The SMILES string of the molecule is CNS(=O)(=O)Cc1ccc(CNC(=O)c2c(C)nn(Cc3ccccc3Cl)c2C)cc1. The molecule has 0 aliphatic rings. The number of benzene rings is 2. The maximum absolute atomic E-state index is 12.8. The summed E-state index contributed by atoms with van der Waals surface area (Å²) in [5, 5.41) is 8.09. The molecule has 0 fully saturated rings. The summed E-state index contributed by atoms with van der Waals surface area (Å²) < 4.78 is 27.4. The second-order valence-electron chi connectivity index (χ2n) is 7.26. The molecule has 0 saturated heterocycles. The van der Waals surface area contributed by atoms with E-state index in [1.165, 1.54) is 7.05 Å². The van der Waals surface area contributed by atoms with Gasteiger partial charge in [-0.2, -0.15) is 5.10 Å². The molecule has 0 unspecified atom stereocenters. The molecule has 0 bridgehead atoms. The number of sulfonamides is 1. The average molecular weight is 461 g/mol. The average Bonchev–Trinajstić information content (AvgIpc) is 3.02. The highest BCUT2D eigenvalue weighted by Crippen LogP contribution is 2.19. The maximum Gasteiger partial charge on any atom is 0.255 e. The molecule has 164 valence electrons. The van der Waals surface area contributed by atoms with E-state index >= 15 is 0 Å². The van der Waals surface area contributed by atoms with Crippen molar-refractivity contribution in [1.82, 2.24) is 19.8 Å². The van der Waals surface area contributed by atoms with Crippen LogP contribution in [-0.4, -0.2) is 31.2 Å². The number of aryl methyl sites for hydroxylation is 1. The third-order valence-electron chi connectivity index (χ3n) is 5.03. The van der Waals surface area contributed by atoms with Crippen molar-refractivity contribution in [3.05, 3.63) is 87.2 Å². The molecular formula is C22H25ClN4O3S. The lowest BCUT2D eigenvalue weighted by Gasteiger charge is -2.09. The Morgan fingerprint density at radius 3 is 2.35 bits per heavy atom. The van der Waals surface area contributed by atoms with Crippen LogP contribution in [0.2, 0.25) is 5.02 Å². The molecule has 3 rings (SSSR count). The van der Waals surface area contributed by atoms with Gasteiger partial charge in [-0.1, -0.05) is 54.1 Å². The summed E-state index contributed by atoms with van der Waals surface area (Å²) in [5.74, 6) is -0.290. The Morgan fingerprint density at radius 2 is 1.71 bits per heavy atom. The minimum Gasteiger partial charge on any atom is -0.348 e. The lowest BCUT2D eigenvalue weighted by molar-refractivity contribution is 0.0949. The zero-order valence-corrected chi connectivity index (χ0v) is 19.2. The van der Waals surface area contributed by atoms with Crippen molar-refractivity contribution >= 4 is 27.5 Å². The molecule has 0 radical (unpaired) electrons. The van der Waals surface area contributed by atoms with Gasteiger partial charge in [-0.25, -0.2) is 13.1 Å². The number of nitrogens with zero attached hydrogens (tertiary/aromatic N) is 2. The molecule has 1 amide bonds. The Labute approximate surface area is 187 Å². The molecule has 9 heteroatoms. The first-order chi connectivity index (χ1) is 14.7. The molecule has 3 aromatic rings. The zero-order valence-electron chi connectivity index (χ0n) is 17.6. The molecule has 0 spiro atoms. The van der Waals surface area contributed by atoms with Crippen LogP contribution in [0.1, 0.15) is 38.4 Å². The smallest absolute Gasteiger partial charge is 0.255 e. The minimum absolute atomic E-state index is 0.0842. The third-order valence-corrected chi connectivity index (χ3v) is 6.73. The molecule has 0 saturated carbocycles. The molecule has 0 aliphatic carbocycles. The van der Waals surface area contributed by atoms with Crippen LogP contribution in [0.3, 0.4) is 0 Å². The fraction of sp³-hybridized carbons (Fsp3) is 0.273. The molecule has 7 nitrogen and oxygen atoms in total. The number of rotatable bonds is 8. The van der Waals surface area contributed by atoms with Crippen LogP contribution in [0.5, 0.6) is 0 Å². The number of halogens is 1. The quantitative estimate of drug-likeness (QED) is 0.540. The Kier molecular flexibility index (Phi) is 7.15. The van der Waals surface area contributed by atoms with Gasteiger partial charge < -0.3 is 5.32 Å². The number of carbonyl (C=O) groups is 1. The van der Waals surface area contributed by atoms with Gasteiger partial charge >= 0.3 is 0 Å². The second-order valence-corrected chi connectivity index (χ2v) is 9.59. The first-order valence-corrected chi connectivity index (χ1v) is 11.8. The van der Waals surface area contributed by atoms with Crippen molar-refractivity contribution in [2.45, 2.75) is 32.7 Å². The van der Waals surface area contributed by atoms with Crippen LogP contribution >= 0.6 is 11.6 Å². The Hall–Kier alpha value is -2.68. The van der Waals surface area contributed by atoms with E-state index in [1.807, 2.05) is 38.1 Å². The van der Waals surface area contributed by atoms with Crippen LogP contribution in [0.25, 0.3) is 0 Å². The normalized spacial score (nSPS) is 11.5. The Balaban J connectivity index is 1.67. The van der Waals surface area contributed by atoms with Crippen LogP contribution in [0.4, 0.5) is 0 Å². The largest absolute Gasteiger partial charge is 0.348 e. The van der Waals surface area contributed by atoms with Gasteiger partial charge in [-0.15, -0.1) is 0 Å². The van der Waals surface area contributed by atoms with Crippen molar-refractivity contribution < 1.29 is 13.2 Å². The summed E-state index contributed by atoms with van der Waals surface area (Å²) in [6.07, 6.45) is 0. The summed E-state index contributed by atoms with van der Waals surface area (Å²) in [6.45, 7) is 4.48.